The first kappa shape index (κ1) is 34.0. The normalized spacial score (nSPS) is 31.8. The molecule has 244 valence electrons. The minimum atomic E-state index is -2.43. The molecule has 0 bridgehead atoms. The summed E-state index contributed by atoms with van der Waals surface area (Å²) in [6.07, 6.45) is -9.11. The minimum Gasteiger partial charge on any atom is -0.508 e. The van der Waals surface area contributed by atoms with E-state index in [9.17, 15) is 50.4 Å². The first-order valence-electron chi connectivity index (χ1n) is 13.7. The monoisotopic (exact) mass is 634 g/mol. The Morgan fingerprint density at radius 3 is 1.73 bits per heavy atom. The lowest BCUT2D eigenvalue weighted by Gasteiger charge is -2.44. The van der Waals surface area contributed by atoms with E-state index < -0.39 is 86.6 Å². The van der Waals surface area contributed by atoms with E-state index >= 15 is 0 Å². The van der Waals surface area contributed by atoms with E-state index in [4.69, 9.17) is 23.7 Å². The molecule has 2 aromatic rings. The highest BCUT2D eigenvalue weighted by atomic mass is 16.8. The number of hydrogen-bond acceptors (Lipinski definition) is 15. The topological polar surface area (TPSA) is 242 Å². The fraction of sp³-hybridized carbons (Fsp3) is 0.400. The molecule has 0 amide bonds. The highest BCUT2D eigenvalue weighted by molar-refractivity contribution is 5.87. The summed E-state index contributed by atoms with van der Waals surface area (Å²) in [5, 5.41) is 81.1. The molecule has 8 N–H and O–H groups in total. The molecular formula is C30H34O15. The zero-order chi connectivity index (χ0) is 32.7. The van der Waals surface area contributed by atoms with Crippen LogP contribution in [0.3, 0.4) is 0 Å². The van der Waals surface area contributed by atoms with Gasteiger partial charge in [0.15, 0.2) is 18.5 Å². The summed E-state index contributed by atoms with van der Waals surface area (Å²) in [6.45, 7) is -2.74. The summed E-state index contributed by atoms with van der Waals surface area (Å²) in [4.78, 5) is 25.1. The number of aromatic hydroxyl groups is 2. The van der Waals surface area contributed by atoms with Crippen LogP contribution in [0.5, 0.6) is 11.5 Å². The van der Waals surface area contributed by atoms with Gasteiger partial charge in [0.25, 0.3) is 0 Å². The van der Waals surface area contributed by atoms with Gasteiger partial charge in [-0.1, -0.05) is 24.3 Å². The van der Waals surface area contributed by atoms with Gasteiger partial charge in [0.05, 0.1) is 13.2 Å². The van der Waals surface area contributed by atoms with Gasteiger partial charge in [-0.25, -0.2) is 9.59 Å². The van der Waals surface area contributed by atoms with Crippen molar-refractivity contribution in [2.45, 2.75) is 54.8 Å². The number of rotatable bonds is 11. The molecule has 2 fully saturated rings. The summed E-state index contributed by atoms with van der Waals surface area (Å²) < 4.78 is 27.3. The average molecular weight is 635 g/mol. The molecule has 15 nitrogen and oxygen atoms in total. The Bertz CT molecular complexity index is 1340. The van der Waals surface area contributed by atoms with Gasteiger partial charge < -0.3 is 64.5 Å². The first-order valence-corrected chi connectivity index (χ1v) is 13.7. The van der Waals surface area contributed by atoms with E-state index in [1.54, 1.807) is 0 Å². The van der Waals surface area contributed by atoms with Crippen LogP contribution < -0.4 is 0 Å². The number of hydrogen-bond donors (Lipinski definition) is 8. The molecule has 0 radical (unpaired) electrons. The molecule has 0 saturated carbocycles. The summed E-state index contributed by atoms with van der Waals surface area (Å²) in [7, 11) is 0. The van der Waals surface area contributed by atoms with Crippen LogP contribution >= 0.6 is 0 Å². The Balaban J connectivity index is 1.47. The average Bonchev–Trinajstić information content (AvgIpc) is 3.30. The number of esters is 2. The minimum absolute atomic E-state index is 0.00786. The quantitative estimate of drug-likeness (QED) is 0.104. The number of carbonyl (C=O) groups excluding carboxylic acids is 2. The molecule has 2 aliphatic rings. The van der Waals surface area contributed by atoms with Crippen molar-refractivity contribution in [3.8, 4) is 11.5 Å². The van der Waals surface area contributed by atoms with Crippen LogP contribution in [0, 0.1) is 0 Å². The van der Waals surface area contributed by atoms with Crippen LogP contribution in [0.25, 0.3) is 12.2 Å². The van der Waals surface area contributed by atoms with Gasteiger partial charge in [-0.3, -0.25) is 0 Å². The number of carbonyl (C=O) groups is 2. The number of ether oxygens (including phenoxy) is 5. The molecule has 9 unspecified atom stereocenters. The molecule has 0 aromatic heterocycles. The van der Waals surface area contributed by atoms with Crippen molar-refractivity contribution in [1.29, 1.82) is 0 Å². The molecular weight excluding hydrogens is 600 g/mol. The summed E-state index contributed by atoms with van der Waals surface area (Å²) in [5.74, 6) is -4.40. The number of benzene rings is 2. The lowest BCUT2D eigenvalue weighted by Crippen LogP contribution is -2.63. The van der Waals surface area contributed by atoms with Gasteiger partial charge in [-0.2, -0.15) is 0 Å². The second-order valence-electron chi connectivity index (χ2n) is 10.2. The number of phenols is 2. The third kappa shape index (κ3) is 8.04. The molecule has 2 saturated heterocycles. The molecule has 4 rings (SSSR count). The largest absolute Gasteiger partial charge is 0.508 e. The molecule has 9 atom stereocenters. The van der Waals surface area contributed by atoms with Crippen LogP contribution in [-0.4, -0.2) is 127 Å². The van der Waals surface area contributed by atoms with Gasteiger partial charge in [-0.05, 0) is 47.5 Å². The molecule has 45 heavy (non-hydrogen) atoms. The number of aliphatic hydroxyl groups excluding tert-OH is 6. The third-order valence-electron chi connectivity index (χ3n) is 7.12. The Hall–Kier alpha value is -3.90. The van der Waals surface area contributed by atoms with Crippen LogP contribution in [0.1, 0.15) is 11.1 Å². The maximum Gasteiger partial charge on any atom is 0.331 e. The van der Waals surface area contributed by atoms with E-state index in [1.165, 1.54) is 60.7 Å². The smallest absolute Gasteiger partial charge is 0.331 e. The number of aliphatic hydroxyl groups is 6. The van der Waals surface area contributed by atoms with Gasteiger partial charge in [0.2, 0.25) is 5.79 Å². The second kappa shape index (κ2) is 14.9. The Morgan fingerprint density at radius 2 is 1.24 bits per heavy atom. The fourth-order valence-electron chi connectivity index (χ4n) is 4.74. The van der Waals surface area contributed by atoms with Crippen molar-refractivity contribution in [3.63, 3.8) is 0 Å². The Kier molecular flexibility index (Phi) is 11.3. The molecule has 0 aliphatic carbocycles. The third-order valence-corrected chi connectivity index (χ3v) is 7.12. The van der Waals surface area contributed by atoms with E-state index in [0.717, 1.165) is 12.2 Å². The van der Waals surface area contributed by atoms with E-state index in [2.05, 4.69) is 0 Å². The van der Waals surface area contributed by atoms with E-state index in [0.29, 0.717) is 11.1 Å². The van der Waals surface area contributed by atoms with Crippen LogP contribution in [0.4, 0.5) is 0 Å². The Labute approximate surface area is 256 Å². The van der Waals surface area contributed by atoms with Crippen molar-refractivity contribution in [2.24, 2.45) is 0 Å². The van der Waals surface area contributed by atoms with Gasteiger partial charge in [-0.15, -0.1) is 0 Å². The van der Waals surface area contributed by atoms with E-state index in [-0.39, 0.29) is 11.5 Å². The van der Waals surface area contributed by atoms with Crippen molar-refractivity contribution in [3.05, 3.63) is 71.8 Å². The van der Waals surface area contributed by atoms with Crippen molar-refractivity contribution >= 4 is 24.1 Å². The maximum absolute atomic E-state index is 12.7. The van der Waals surface area contributed by atoms with Crippen LogP contribution in [0.2, 0.25) is 0 Å². The maximum atomic E-state index is 12.7. The summed E-state index contributed by atoms with van der Waals surface area (Å²) >= 11 is 0. The standard InChI is InChI=1S/C30H34O15/c31-13-20-24(38)28(43-23(37)12-6-17-3-9-19(35)10-4-17)30(15-33,44-20)45-29-26(40)25(39)27(21(14-32)41-29)42-22(36)11-5-16-1-7-18(34)8-2-16/h1-12,20-21,24-29,31-35,38-40H,13-15H2. The van der Waals surface area contributed by atoms with Crippen molar-refractivity contribution < 1.29 is 74.1 Å². The molecule has 0 spiro atoms. The van der Waals surface area contributed by atoms with Gasteiger partial charge in [0, 0.05) is 12.2 Å². The molecule has 2 aliphatic heterocycles. The predicted octanol–water partition coefficient (Wildman–Crippen LogP) is -1.46. The molecule has 15 heteroatoms. The highest BCUT2D eigenvalue weighted by Crippen LogP contribution is 2.38. The first-order chi connectivity index (χ1) is 21.5. The fourth-order valence-corrected chi connectivity index (χ4v) is 4.74. The molecule has 2 heterocycles. The second-order valence-corrected chi connectivity index (χ2v) is 10.2. The predicted molar refractivity (Wildman–Crippen MR) is 151 cm³/mol. The van der Waals surface area contributed by atoms with Crippen molar-refractivity contribution in [2.75, 3.05) is 19.8 Å². The van der Waals surface area contributed by atoms with Gasteiger partial charge in [0.1, 0.15) is 48.6 Å². The lowest BCUT2D eigenvalue weighted by atomic mass is 9.98. The zero-order valence-electron chi connectivity index (χ0n) is 23.6. The molecule has 2 aromatic carbocycles. The number of phenolic OH excluding ortho intramolecular Hbond substituents is 2. The zero-order valence-corrected chi connectivity index (χ0v) is 23.6. The SMILES string of the molecule is O=C(C=Cc1ccc(O)cc1)OC1C(CO)OC(OC2(CO)OC(CO)C(O)C2OC(=O)C=Cc2ccc(O)cc2)C(O)C1O. The van der Waals surface area contributed by atoms with Crippen LogP contribution in [0.15, 0.2) is 60.7 Å². The summed E-state index contributed by atoms with van der Waals surface area (Å²) in [6, 6.07) is 11.6. The van der Waals surface area contributed by atoms with Gasteiger partial charge >= 0.3 is 11.9 Å². The lowest BCUT2D eigenvalue weighted by molar-refractivity contribution is -0.383. The van der Waals surface area contributed by atoms with Crippen molar-refractivity contribution in [1.82, 2.24) is 0 Å². The highest BCUT2D eigenvalue weighted by Gasteiger charge is 2.61. The van der Waals surface area contributed by atoms with E-state index in [1.807, 2.05) is 0 Å². The van der Waals surface area contributed by atoms with Crippen LogP contribution in [-0.2, 0) is 33.3 Å². The Morgan fingerprint density at radius 1 is 0.733 bits per heavy atom. The summed E-state index contributed by atoms with van der Waals surface area (Å²) in [5.41, 5.74) is 1.05.